The summed E-state index contributed by atoms with van der Waals surface area (Å²) in [5.74, 6) is 0. The second kappa shape index (κ2) is 4.93. The molecule has 0 aliphatic rings. The number of sulfone groups is 1. The van der Waals surface area contributed by atoms with E-state index in [4.69, 9.17) is 0 Å². The van der Waals surface area contributed by atoms with E-state index in [9.17, 15) is 13.2 Å². The monoisotopic (exact) mass is 244 g/mol. The summed E-state index contributed by atoms with van der Waals surface area (Å²) in [4.78, 5) is 14.7. The summed E-state index contributed by atoms with van der Waals surface area (Å²) in [5, 5.41) is 2.36. The van der Waals surface area contributed by atoms with Crippen LogP contribution in [-0.4, -0.2) is 32.4 Å². The van der Waals surface area contributed by atoms with Crippen LogP contribution in [0.15, 0.2) is 23.4 Å². The van der Waals surface area contributed by atoms with E-state index >= 15 is 0 Å². The van der Waals surface area contributed by atoms with Crippen molar-refractivity contribution in [2.24, 2.45) is 0 Å². The molecule has 0 aliphatic carbocycles. The summed E-state index contributed by atoms with van der Waals surface area (Å²) >= 11 is 0. The highest BCUT2D eigenvalue weighted by Crippen LogP contribution is 2.10. The Kier molecular flexibility index (Phi) is 3.83. The maximum absolute atomic E-state index is 11.1. The zero-order valence-corrected chi connectivity index (χ0v) is 9.74. The first-order valence-electron chi connectivity index (χ1n) is 4.53. The minimum Gasteiger partial charge on any atom is -0.450 e. The molecule has 0 aliphatic heterocycles. The van der Waals surface area contributed by atoms with E-state index in [1.165, 1.54) is 18.3 Å². The Morgan fingerprint density at radius 3 is 2.62 bits per heavy atom. The first-order chi connectivity index (χ1) is 7.43. The first kappa shape index (κ1) is 12.4. The molecule has 1 rings (SSSR count). The molecule has 1 aromatic rings. The number of ether oxygens (including phenoxy) is 1. The smallest absolute Gasteiger partial charge is 0.411 e. The van der Waals surface area contributed by atoms with Gasteiger partial charge in [-0.05, 0) is 19.1 Å². The first-order valence-corrected chi connectivity index (χ1v) is 6.42. The average molecular weight is 244 g/mol. The molecule has 16 heavy (non-hydrogen) atoms. The highest BCUT2D eigenvalue weighted by Gasteiger charge is 2.09. The van der Waals surface area contributed by atoms with Gasteiger partial charge in [-0.15, -0.1) is 0 Å². The topological polar surface area (TPSA) is 85.4 Å². The predicted octanol–water partition coefficient (Wildman–Crippen LogP) is 1.05. The zero-order valence-electron chi connectivity index (χ0n) is 8.93. The standard InChI is InChI=1S/C9H12N2O4S/c1-3-15-9(12)11-7-4-5-8(10-6-7)16(2,13)14/h4-6H,3H2,1-2H3,(H,11,12). The van der Waals surface area contributed by atoms with Crippen molar-refractivity contribution in [2.45, 2.75) is 11.9 Å². The molecule has 1 amide bonds. The molecule has 6 nitrogen and oxygen atoms in total. The molecule has 0 saturated heterocycles. The van der Waals surface area contributed by atoms with Crippen LogP contribution in [0.1, 0.15) is 6.92 Å². The highest BCUT2D eigenvalue weighted by molar-refractivity contribution is 7.90. The molecule has 0 fully saturated rings. The fourth-order valence-corrected chi connectivity index (χ4v) is 1.52. The van der Waals surface area contributed by atoms with Crippen LogP contribution in [0.25, 0.3) is 0 Å². The molecule has 1 N–H and O–H groups in total. The van der Waals surface area contributed by atoms with Gasteiger partial charge in [0.1, 0.15) is 0 Å². The number of hydrogen-bond donors (Lipinski definition) is 1. The lowest BCUT2D eigenvalue weighted by Crippen LogP contribution is -2.13. The van der Waals surface area contributed by atoms with Crippen molar-refractivity contribution in [2.75, 3.05) is 18.2 Å². The van der Waals surface area contributed by atoms with Gasteiger partial charge in [0.25, 0.3) is 0 Å². The number of carbonyl (C=O) groups is 1. The Balaban J connectivity index is 2.76. The number of hydrogen-bond acceptors (Lipinski definition) is 5. The van der Waals surface area contributed by atoms with Crippen LogP contribution in [0, 0.1) is 0 Å². The lowest BCUT2D eigenvalue weighted by Gasteiger charge is -2.04. The van der Waals surface area contributed by atoms with Crippen LogP contribution >= 0.6 is 0 Å². The van der Waals surface area contributed by atoms with E-state index in [2.05, 4.69) is 15.0 Å². The maximum Gasteiger partial charge on any atom is 0.411 e. The molecule has 1 aromatic heterocycles. The maximum atomic E-state index is 11.1. The molecule has 88 valence electrons. The number of anilines is 1. The van der Waals surface area contributed by atoms with Gasteiger partial charge in [0.2, 0.25) is 0 Å². The fraction of sp³-hybridized carbons (Fsp3) is 0.333. The van der Waals surface area contributed by atoms with Gasteiger partial charge in [0.05, 0.1) is 18.5 Å². The number of carbonyl (C=O) groups excluding carboxylic acids is 1. The third-order valence-electron chi connectivity index (χ3n) is 1.64. The van der Waals surface area contributed by atoms with Gasteiger partial charge in [-0.25, -0.2) is 18.2 Å². The van der Waals surface area contributed by atoms with Gasteiger partial charge in [-0.3, -0.25) is 5.32 Å². The van der Waals surface area contributed by atoms with E-state index in [0.29, 0.717) is 5.69 Å². The SMILES string of the molecule is CCOC(=O)Nc1ccc(S(C)(=O)=O)nc1. The molecular weight excluding hydrogens is 232 g/mol. The van der Waals surface area contributed by atoms with Gasteiger partial charge >= 0.3 is 6.09 Å². The van der Waals surface area contributed by atoms with Gasteiger partial charge in [0.15, 0.2) is 14.9 Å². The highest BCUT2D eigenvalue weighted by atomic mass is 32.2. The molecule has 0 unspecified atom stereocenters. The lowest BCUT2D eigenvalue weighted by atomic mass is 10.4. The second-order valence-electron chi connectivity index (χ2n) is 3.00. The fourth-order valence-electron chi connectivity index (χ4n) is 0.959. The number of pyridine rings is 1. The third kappa shape index (κ3) is 3.50. The molecule has 0 bridgehead atoms. The minimum atomic E-state index is -3.31. The molecule has 0 spiro atoms. The van der Waals surface area contributed by atoms with Crippen molar-refractivity contribution in [3.05, 3.63) is 18.3 Å². The molecule has 0 aromatic carbocycles. The number of nitrogens with zero attached hydrogens (tertiary/aromatic N) is 1. The van der Waals surface area contributed by atoms with Gasteiger partial charge in [-0.2, -0.15) is 0 Å². The van der Waals surface area contributed by atoms with Crippen LogP contribution in [0.3, 0.4) is 0 Å². The third-order valence-corrected chi connectivity index (χ3v) is 2.64. The summed E-state index contributed by atoms with van der Waals surface area (Å²) in [7, 11) is -3.31. The van der Waals surface area contributed by atoms with E-state index < -0.39 is 15.9 Å². The van der Waals surface area contributed by atoms with Crippen LogP contribution < -0.4 is 5.32 Å². The van der Waals surface area contributed by atoms with Crippen LogP contribution in [0.5, 0.6) is 0 Å². The van der Waals surface area contributed by atoms with Crippen molar-refractivity contribution in [1.29, 1.82) is 0 Å². The predicted molar refractivity (Wildman–Crippen MR) is 58.0 cm³/mol. The van der Waals surface area contributed by atoms with E-state index in [0.717, 1.165) is 6.26 Å². The number of aromatic nitrogens is 1. The Morgan fingerprint density at radius 2 is 2.19 bits per heavy atom. The lowest BCUT2D eigenvalue weighted by molar-refractivity contribution is 0.168. The van der Waals surface area contributed by atoms with Crippen molar-refractivity contribution in [1.82, 2.24) is 4.98 Å². The number of nitrogens with one attached hydrogen (secondary N) is 1. The Morgan fingerprint density at radius 1 is 1.50 bits per heavy atom. The molecular formula is C9H12N2O4S. The normalized spacial score (nSPS) is 10.9. The van der Waals surface area contributed by atoms with Crippen LogP contribution in [0.2, 0.25) is 0 Å². The summed E-state index contributed by atoms with van der Waals surface area (Å²) in [6.45, 7) is 1.95. The quantitative estimate of drug-likeness (QED) is 0.859. The second-order valence-corrected chi connectivity index (χ2v) is 4.97. The summed E-state index contributed by atoms with van der Waals surface area (Å²) in [6, 6.07) is 2.76. The number of rotatable bonds is 3. The van der Waals surface area contributed by atoms with Crippen molar-refractivity contribution in [3.8, 4) is 0 Å². The van der Waals surface area contributed by atoms with Gasteiger partial charge < -0.3 is 4.74 Å². The summed E-state index contributed by atoms with van der Waals surface area (Å²) in [5.41, 5.74) is 0.380. The Hall–Kier alpha value is -1.63. The Bertz CT molecular complexity index is 467. The molecule has 0 saturated carbocycles. The van der Waals surface area contributed by atoms with Gasteiger partial charge in [-0.1, -0.05) is 0 Å². The van der Waals surface area contributed by atoms with Crippen molar-refractivity contribution < 1.29 is 17.9 Å². The Labute approximate surface area is 93.6 Å². The average Bonchev–Trinajstić information content (AvgIpc) is 2.17. The van der Waals surface area contributed by atoms with Crippen LogP contribution in [-0.2, 0) is 14.6 Å². The van der Waals surface area contributed by atoms with Crippen molar-refractivity contribution >= 4 is 21.6 Å². The summed E-state index contributed by atoms with van der Waals surface area (Å²) < 4.78 is 26.8. The zero-order chi connectivity index (χ0) is 12.2. The minimum absolute atomic E-state index is 0.0399. The van der Waals surface area contributed by atoms with E-state index in [-0.39, 0.29) is 11.6 Å². The van der Waals surface area contributed by atoms with E-state index in [1.54, 1.807) is 6.92 Å². The van der Waals surface area contributed by atoms with E-state index in [1.807, 2.05) is 0 Å². The summed E-state index contributed by atoms with van der Waals surface area (Å²) in [6.07, 6.45) is 1.72. The van der Waals surface area contributed by atoms with Gasteiger partial charge in [0, 0.05) is 6.26 Å². The van der Waals surface area contributed by atoms with Crippen LogP contribution in [0.4, 0.5) is 10.5 Å². The molecule has 0 atom stereocenters. The molecule has 1 heterocycles. The van der Waals surface area contributed by atoms with Crippen molar-refractivity contribution in [3.63, 3.8) is 0 Å². The number of amides is 1. The molecule has 7 heteroatoms. The largest absolute Gasteiger partial charge is 0.450 e. The molecule has 0 radical (unpaired) electrons.